The highest BCUT2D eigenvalue weighted by molar-refractivity contribution is 7.81. The van der Waals surface area contributed by atoms with Crippen LogP contribution in [0.1, 0.15) is 27.7 Å². The van der Waals surface area contributed by atoms with Gasteiger partial charge in [-0.2, -0.15) is 0 Å². The van der Waals surface area contributed by atoms with Crippen LogP contribution in [-0.2, 0) is 9.53 Å². The largest absolute Gasteiger partial charge is 0.444 e. The fourth-order valence-corrected chi connectivity index (χ4v) is 3.78. The van der Waals surface area contributed by atoms with E-state index in [2.05, 4.69) is 15.6 Å². The van der Waals surface area contributed by atoms with Gasteiger partial charge in [-0.15, -0.1) is 0 Å². The summed E-state index contributed by atoms with van der Waals surface area (Å²) in [6.45, 7) is 7.47. The Hall–Kier alpha value is -3.24. The molecule has 1 unspecified atom stereocenters. The first-order valence-corrected chi connectivity index (χ1v) is 11.0. The molecule has 2 heterocycles. The predicted molar refractivity (Wildman–Crippen MR) is 133 cm³/mol. The summed E-state index contributed by atoms with van der Waals surface area (Å²) >= 11 is 5.59. The normalized spacial score (nSPS) is 18.5. The lowest BCUT2D eigenvalue weighted by atomic mass is 10.0. The number of hydrazine groups is 1. The molecule has 4 N–H and O–H groups in total. The van der Waals surface area contributed by atoms with Crippen molar-refractivity contribution in [3.8, 4) is 0 Å². The molecule has 0 radical (unpaired) electrons. The van der Waals surface area contributed by atoms with Gasteiger partial charge in [0.1, 0.15) is 10.6 Å². The lowest BCUT2D eigenvalue weighted by Gasteiger charge is -2.36. The van der Waals surface area contributed by atoms with Crippen molar-refractivity contribution in [1.82, 2.24) is 15.2 Å². The van der Waals surface area contributed by atoms with Gasteiger partial charge in [0.25, 0.3) is 0 Å². The Kier molecular flexibility index (Phi) is 7.50. The smallest absolute Gasteiger partial charge is 0.411 e. The van der Waals surface area contributed by atoms with Crippen LogP contribution in [0.4, 0.5) is 10.5 Å². The first kappa shape index (κ1) is 24.4. The minimum absolute atomic E-state index is 0.0899. The van der Waals surface area contributed by atoms with Gasteiger partial charge in [-0.1, -0.05) is 30.4 Å². The Morgan fingerprint density at radius 2 is 2.03 bits per heavy atom. The maximum atomic E-state index is 13.2. The number of para-hydroxylation sites is 1. The molecule has 176 valence electrons. The van der Waals surface area contributed by atoms with Gasteiger partial charge >= 0.3 is 6.09 Å². The number of nitrogens with zero attached hydrogens (tertiary/aromatic N) is 3. The van der Waals surface area contributed by atoms with Gasteiger partial charge in [-0.05, 0) is 45.9 Å². The average Bonchev–Trinajstić information content (AvgIpc) is 2.72. The number of aliphatic imine (C=N–C) groups is 1. The van der Waals surface area contributed by atoms with Gasteiger partial charge < -0.3 is 20.4 Å². The van der Waals surface area contributed by atoms with E-state index < -0.39 is 11.7 Å². The number of carbonyl (C=O) groups excluding carboxylic acids is 2. The van der Waals surface area contributed by atoms with Gasteiger partial charge in [-0.3, -0.25) is 9.69 Å². The monoisotopic (exact) mass is 470 g/mol. The van der Waals surface area contributed by atoms with Crippen LogP contribution in [0.5, 0.6) is 0 Å². The first-order chi connectivity index (χ1) is 15.5. The predicted octanol–water partition coefficient (Wildman–Crippen LogP) is 2.58. The minimum atomic E-state index is -0.690. The molecule has 0 fully saturated rings. The van der Waals surface area contributed by atoms with E-state index in [0.29, 0.717) is 17.8 Å². The summed E-state index contributed by atoms with van der Waals surface area (Å²) in [4.78, 5) is 31.7. The summed E-state index contributed by atoms with van der Waals surface area (Å²) in [5.74, 6) is 6.90. The second kappa shape index (κ2) is 10.1. The number of Topliss-reactive ketones (excluding diaryl/α,β-unsaturated/α-hetero) is 1. The van der Waals surface area contributed by atoms with Gasteiger partial charge in [0, 0.05) is 11.9 Å². The lowest BCUT2D eigenvalue weighted by molar-refractivity contribution is -0.117. The molecule has 1 aromatic carbocycles. The standard InChI is InChI=1S/C23H30N6O3S/c1-15-25-11-10-17(26-15)12-29(24)18-13-28(22(31)32-23(2,3)4)14-19(30)20(18)21(33)27-16-8-6-5-7-9-16/h5-11,17H,12-14,24H2,1-4H3,(H,25,26)(H,27,33). The van der Waals surface area contributed by atoms with Crippen LogP contribution in [0.3, 0.4) is 0 Å². The van der Waals surface area contributed by atoms with E-state index in [1.54, 1.807) is 27.0 Å². The number of benzene rings is 1. The van der Waals surface area contributed by atoms with Crippen LogP contribution in [-0.4, -0.2) is 63.9 Å². The van der Waals surface area contributed by atoms with Crippen molar-refractivity contribution in [3.05, 3.63) is 53.9 Å². The van der Waals surface area contributed by atoms with E-state index in [4.69, 9.17) is 22.8 Å². The second-order valence-electron chi connectivity index (χ2n) is 8.86. The first-order valence-electron chi connectivity index (χ1n) is 10.6. The van der Waals surface area contributed by atoms with Crippen molar-refractivity contribution < 1.29 is 14.3 Å². The maximum Gasteiger partial charge on any atom is 0.411 e. The van der Waals surface area contributed by atoms with Crippen molar-refractivity contribution in [1.29, 1.82) is 0 Å². The Morgan fingerprint density at radius 1 is 1.33 bits per heavy atom. The summed E-state index contributed by atoms with van der Waals surface area (Å²) in [7, 11) is 0. The van der Waals surface area contributed by atoms with E-state index in [1.807, 2.05) is 43.3 Å². The number of ether oxygens (including phenoxy) is 1. The molecule has 3 rings (SSSR count). The highest BCUT2D eigenvalue weighted by Crippen LogP contribution is 2.22. The average molecular weight is 471 g/mol. The minimum Gasteiger partial charge on any atom is -0.444 e. The van der Waals surface area contributed by atoms with E-state index in [1.165, 1.54) is 9.91 Å². The third-order valence-electron chi connectivity index (χ3n) is 4.87. The molecule has 1 atom stereocenters. The molecule has 0 bridgehead atoms. The van der Waals surface area contributed by atoms with Crippen LogP contribution >= 0.6 is 12.2 Å². The van der Waals surface area contributed by atoms with Crippen LogP contribution in [0.25, 0.3) is 0 Å². The SMILES string of the molecule is CC1=NC=CC(CN(N)C2=C(C(=S)Nc3ccccc3)C(=O)CN(C(=O)OC(C)(C)C)C2)N1. The second-order valence-corrected chi connectivity index (χ2v) is 9.27. The number of ketones is 1. The number of nitrogens with two attached hydrogens (primary N) is 1. The van der Waals surface area contributed by atoms with Gasteiger partial charge in [-0.25, -0.2) is 15.6 Å². The zero-order valence-electron chi connectivity index (χ0n) is 19.3. The highest BCUT2D eigenvalue weighted by Gasteiger charge is 2.35. The summed E-state index contributed by atoms with van der Waals surface area (Å²) < 4.78 is 5.47. The molecule has 0 aliphatic carbocycles. The lowest BCUT2D eigenvalue weighted by Crippen LogP contribution is -2.52. The Bertz CT molecular complexity index is 1010. The molecule has 1 aromatic rings. The Morgan fingerprint density at radius 3 is 2.67 bits per heavy atom. The summed E-state index contributed by atoms with van der Waals surface area (Å²) in [5, 5.41) is 7.80. The number of amides is 1. The molecular weight excluding hydrogens is 440 g/mol. The molecular formula is C23H30N6O3S. The van der Waals surface area contributed by atoms with Gasteiger partial charge in [0.05, 0.1) is 42.8 Å². The molecule has 1 amide bonds. The summed E-state index contributed by atoms with van der Waals surface area (Å²) in [6.07, 6.45) is 3.01. The van der Waals surface area contributed by atoms with Crippen molar-refractivity contribution >= 4 is 40.6 Å². The van der Waals surface area contributed by atoms with Crippen molar-refractivity contribution in [3.63, 3.8) is 0 Å². The number of hydrogen-bond acceptors (Lipinski definition) is 8. The van der Waals surface area contributed by atoms with Crippen LogP contribution < -0.4 is 16.5 Å². The molecule has 9 nitrogen and oxygen atoms in total. The molecule has 2 aliphatic rings. The fraction of sp³-hybridized carbons (Fsp3) is 0.391. The molecule has 33 heavy (non-hydrogen) atoms. The quantitative estimate of drug-likeness (QED) is 0.342. The molecule has 0 saturated heterocycles. The third-order valence-corrected chi connectivity index (χ3v) is 5.18. The van der Waals surface area contributed by atoms with E-state index in [9.17, 15) is 9.59 Å². The fourth-order valence-electron chi connectivity index (χ4n) is 3.43. The van der Waals surface area contributed by atoms with Crippen molar-refractivity contribution in [2.75, 3.05) is 25.0 Å². The van der Waals surface area contributed by atoms with Crippen molar-refractivity contribution in [2.24, 2.45) is 10.8 Å². The number of carbonyl (C=O) groups is 2. The molecule has 2 aliphatic heterocycles. The Balaban J connectivity index is 1.89. The zero-order chi connectivity index (χ0) is 24.2. The number of hydrogen-bond donors (Lipinski definition) is 3. The highest BCUT2D eigenvalue weighted by atomic mass is 32.1. The molecule has 0 saturated carbocycles. The van der Waals surface area contributed by atoms with Crippen LogP contribution in [0.15, 0.2) is 58.9 Å². The van der Waals surface area contributed by atoms with Crippen LogP contribution in [0.2, 0.25) is 0 Å². The van der Waals surface area contributed by atoms with E-state index >= 15 is 0 Å². The summed E-state index contributed by atoms with van der Waals surface area (Å²) in [6, 6.07) is 9.21. The number of rotatable bonds is 5. The van der Waals surface area contributed by atoms with Crippen LogP contribution in [0, 0.1) is 0 Å². The Labute approximate surface area is 199 Å². The summed E-state index contributed by atoms with van der Waals surface area (Å²) in [5.41, 5.74) is 0.802. The number of thiocarbonyl (C=S) groups is 1. The number of anilines is 1. The van der Waals surface area contributed by atoms with Crippen molar-refractivity contribution in [2.45, 2.75) is 39.3 Å². The van der Waals surface area contributed by atoms with Gasteiger partial charge in [0.15, 0.2) is 5.78 Å². The van der Waals surface area contributed by atoms with Gasteiger partial charge in [0.2, 0.25) is 0 Å². The molecule has 0 spiro atoms. The topological polar surface area (TPSA) is 112 Å². The van der Waals surface area contributed by atoms with E-state index in [0.717, 1.165) is 11.5 Å². The molecule has 10 heteroatoms. The number of amidine groups is 1. The third kappa shape index (κ3) is 6.62. The number of nitrogens with one attached hydrogen (secondary N) is 2. The van der Waals surface area contributed by atoms with E-state index in [-0.39, 0.29) is 29.9 Å². The molecule has 0 aromatic heterocycles. The zero-order valence-corrected chi connectivity index (χ0v) is 20.1. The maximum absolute atomic E-state index is 13.2.